The summed E-state index contributed by atoms with van der Waals surface area (Å²) in [5.41, 5.74) is 3.74. The van der Waals surface area contributed by atoms with Gasteiger partial charge in [-0.05, 0) is 67.9 Å². The van der Waals surface area contributed by atoms with Gasteiger partial charge in [0.1, 0.15) is 0 Å². The molecular weight excluding hydrogens is 344 g/mol. The highest BCUT2D eigenvalue weighted by Gasteiger charge is 2.24. The van der Waals surface area contributed by atoms with Crippen molar-refractivity contribution in [3.63, 3.8) is 0 Å². The van der Waals surface area contributed by atoms with Crippen molar-refractivity contribution in [1.29, 1.82) is 0 Å². The van der Waals surface area contributed by atoms with Crippen LogP contribution in [0.3, 0.4) is 0 Å². The normalized spacial score (nSPS) is 15.7. The van der Waals surface area contributed by atoms with Crippen LogP contribution in [0.4, 0.5) is 0 Å². The molecule has 2 aromatic rings. The van der Waals surface area contributed by atoms with E-state index in [9.17, 15) is 4.79 Å². The highest BCUT2D eigenvalue weighted by atomic mass is 16.1. The average Bonchev–Trinajstić information content (AvgIpc) is 2.73. The molecule has 1 heterocycles. The van der Waals surface area contributed by atoms with E-state index < -0.39 is 0 Å². The van der Waals surface area contributed by atoms with Crippen molar-refractivity contribution in [2.75, 3.05) is 26.2 Å². The number of carbonyl (C=O) groups is 1. The van der Waals surface area contributed by atoms with Crippen LogP contribution in [0.25, 0.3) is 11.1 Å². The topological polar surface area (TPSA) is 32.3 Å². The van der Waals surface area contributed by atoms with Crippen LogP contribution in [0.15, 0.2) is 54.6 Å². The van der Waals surface area contributed by atoms with E-state index in [1.165, 1.54) is 29.7 Å². The molecule has 3 rings (SSSR count). The zero-order valence-electron chi connectivity index (χ0n) is 17.4. The average molecular weight is 379 g/mol. The molecule has 0 unspecified atom stereocenters. The second-order valence-electron chi connectivity index (χ2n) is 8.40. The van der Waals surface area contributed by atoms with Crippen molar-refractivity contribution in [1.82, 2.24) is 10.2 Å². The van der Waals surface area contributed by atoms with Gasteiger partial charge in [0, 0.05) is 12.5 Å². The van der Waals surface area contributed by atoms with Gasteiger partial charge in [-0.3, -0.25) is 4.79 Å². The molecule has 0 atom stereocenters. The lowest BCUT2D eigenvalue weighted by Crippen LogP contribution is -2.41. The molecule has 28 heavy (non-hydrogen) atoms. The lowest BCUT2D eigenvalue weighted by molar-refractivity contribution is -0.126. The Morgan fingerprint density at radius 2 is 1.64 bits per heavy atom. The predicted octanol–water partition coefficient (Wildman–Crippen LogP) is 4.77. The van der Waals surface area contributed by atoms with Crippen LogP contribution in [0.5, 0.6) is 0 Å². The van der Waals surface area contributed by atoms with Crippen molar-refractivity contribution < 1.29 is 4.79 Å². The maximum Gasteiger partial charge on any atom is 0.223 e. The molecule has 0 spiro atoms. The Morgan fingerprint density at radius 3 is 2.29 bits per heavy atom. The second kappa shape index (κ2) is 10.4. The molecule has 1 aliphatic heterocycles. The van der Waals surface area contributed by atoms with E-state index in [1.54, 1.807) is 0 Å². The van der Waals surface area contributed by atoms with E-state index in [4.69, 9.17) is 0 Å². The summed E-state index contributed by atoms with van der Waals surface area (Å²) in [4.78, 5) is 15.0. The monoisotopic (exact) mass is 378 g/mol. The van der Waals surface area contributed by atoms with Gasteiger partial charge in [0.25, 0.3) is 0 Å². The van der Waals surface area contributed by atoms with Crippen molar-refractivity contribution in [2.45, 2.75) is 39.5 Å². The molecule has 1 aliphatic rings. The summed E-state index contributed by atoms with van der Waals surface area (Å²) in [5.74, 6) is 1.18. The standard InChI is InChI=1S/C25H34N2O/c1-20(2)13-17-27-18-14-24(15-19-27)25(28)26-16-12-21-8-10-23(11-9-21)22-6-4-3-5-7-22/h3-11,20,24H,12-19H2,1-2H3,(H,26,28). The van der Waals surface area contributed by atoms with Gasteiger partial charge in [-0.15, -0.1) is 0 Å². The van der Waals surface area contributed by atoms with Gasteiger partial charge < -0.3 is 10.2 Å². The van der Waals surface area contributed by atoms with Crippen LogP contribution >= 0.6 is 0 Å². The Hall–Kier alpha value is -2.13. The first kappa shape index (κ1) is 20.6. The van der Waals surface area contributed by atoms with E-state index >= 15 is 0 Å². The lowest BCUT2D eigenvalue weighted by atomic mass is 9.95. The molecule has 150 valence electrons. The van der Waals surface area contributed by atoms with Crippen LogP contribution in [0.1, 0.15) is 38.7 Å². The Morgan fingerprint density at radius 1 is 1.00 bits per heavy atom. The maximum absolute atomic E-state index is 12.5. The fraction of sp³-hybridized carbons (Fsp3) is 0.480. The van der Waals surface area contributed by atoms with E-state index in [0.717, 1.165) is 44.8 Å². The minimum Gasteiger partial charge on any atom is -0.356 e. The quantitative estimate of drug-likeness (QED) is 0.717. The summed E-state index contributed by atoms with van der Waals surface area (Å²) >= 11 is 0. The fourth-order valence-corrected chi connectivity index (χ4v) is 3.83. The lowest BCUT2D eigenvalue weighted by Gasteiger charge is -2.31. The van der Waals surface area contributed by atoms with Crippen LogP contribution in [-0.4, -0.2) is 37.0 Å². The third-order valence-electron chi connectivity index (χ3n) is 5.76. The Kier molecular flexibility index (Phi) is 7.67. The van der Waals surface area contributed by atoms with Gasteiger partial charge in [0.15, 0.2) is 0 Å². The van der Waals surface area contributed by atoms with Crippen LogP contribution in [0.2, 0.25) is 0 Å². The number of benzene rings is 2. The first-order chi connectivity index (χ1) is 13.6. The number of rotatable bonds is 8. The third kappa shape index (κ3) is 6.20. The molecule has 0 radical (unpaired) electrons. The van der Waals surface area contributed by atoms with E-state index in [1.807, 2.05) is 6.07 Å². The van der Waals surface area contributed by atoms with Gasteiger partial charge in [-0.1, -0.05) is 68.4 Å². The van der Waals surface area contributed by atoms with Gasteiger partial charge >= 0.3 is 0 Å². The number of hydrogen-bond acceptors (Lipinski definition) is 2. The molecule has 2 aromatic carbocycles. The van der Waals surface area contributed by atoms with Crippen LogP contribution in [0, 0.1) is 11.8 Å². The van der Waals surface area contributed by atoms with Crippen LogP contribution < -0.4 is 5.32 Å². The molecule has 0 aromatic heterocycles. The SMILES string of the molecule is CC(C)CCN1CCC(C(=O)NCCc2ccc(-c3ccccc3)cc2)CC1. The molecule has 1 amide bonds. The van der Waals surface area contributed by atoms with Crippen molar-refractivity contribution >= 4 is 5.91 Å². The third-order valence-corrected chi connectivity index (χ3v) is 5.76. The van der Waals surface area contributed by atoms with Crippen molar-refractivity contribution in [3.8, 4) is 11.1 Å². The van der Waals surface area contributed by atoms with Gasteiger partial charge in [0.05, 0.1) is 0 Å². The molecule has 0 bridgehead atoms. The summed E-state index contributed by atoms with van der Waals surface area (Å²) in [5, 5.41) is 3.15. The summed E-state index contributed by atoms with van der Waals surface area (Å²) < 4.78 is 0. The Balaban J connectivity index is 1.37. The van der Waals surface area contributed by atoms with E-state index in [2.05, 4.69) is 72.6 Å². The zero-order valence-corrected chi connectivity index (χ0v) is 17.4. The molecule has 3 heteroatoms. The molecular formula is C25H34N2O. The number of piperidine rings is 1. The molecule has 1 saturated heterocycles. The number of likely N-dealkylation sites (tertiary alicyclic amines) is 1. The highest BCUT2D eigenvalue weighted by Crippen LogP contribution is 2.20. The summed E-state index contributed by atoms with van der Waals surface area (Å²) in [6.07, 6.45) is 4.12. The van der Waals surface area contributed by atoms with Gasteiger partial charge in [0.2, 0.25) is 5.91 Å². The van der Waals surface area contributed by atoms with E-state index in [0.29, 0.717) is 0 Å². The van der Waals surface area contributed by atoms with Crippen LogP contribution in [-0.2, 0) is 11.2 Å². The molecule has 1 N–H and O–H groups in total. The number of amides is 1. The first-order valence-electron chi connectivity index (χ1n) is 10.8. The predicted molar refractivity (Wildman–Crippen MR) is 117 cm³/mol. The van der Waals surface area contributed by atoms with E-state index in [-0.39, 0.29) is 11.8 Å². The molecule has 3 nitrogen and oxygen atoms in total. The summed E-state index contributed by atoms with van der Waals surface area (Å²) in [6, 6.07) is 19.1. The molecule has 0 aliphatic carbocycles. The largest absolute Gasteiger partial charge is 0.356 e. The van der Waals surface area contributed by atoms with Gasteiger partial charge in [-0.25, -0.2) is 0 Å². The molecule has 0 saturated carbocycles. The summed E-state index contributed by atoms with van der Waals surface area (Å²) in [7, 11) is 0. The minimum absolute atomic E-state index is 0.191. The fourth-order valence-electron chi connectivity index (χ4n) is 3.83. The zero-order chi connectivity index (χ0) is 19.8. The Bertz CT molecular complexity index is 716. The number of carbonyl (C=O) groups excluding carboxylic acids is 1. The van der Waals surface area contributed by atoms with Crippen molar-refractivity contribution in [3.05, 3.63) is 60.2 Å². The van der Waals surface area contributed by atoms with Crippen molar-refractivity contribution in [2.24, 2.45) is 11.8 Å². The highest BCUT2D eigenvalue weighted by molar-refractivity contribution is 5.78. The van der Waals surface area contributed by atoms with Gasteiger partial charge in [-0.2, -0.15) is 0 Å². The molecule has 1 fully saturated rings. The number of nitrogens with one attached hydrogen (secondary N) is 1. The summed E-state index contributed by atoms with van der Waals surface area (Å²) in [6.45, 7) is 8.56. The number of nitrogens with zero attached hydrogens (tertiary/aromatic N) is 1. The first-order valence-corrected chi connectivity index (χ1v) is 10.8. The number of hydrogen-bond donors (Lipinski definition) is 1. The minimum atomic E-state index is 0.191. The Labute approximate surface area is 170 Å². The maximum atomic E-state index is 12.5. The second-order valence-corrected chi connectivity index (χ2v) is 8.40. The smallest absolute Gasteiger partial charge is 0.223 e.